The molecule has 0 bridgehead atoms. The number of fused-ring (bicyclic) bond motifs is 6. The molecule has 0 spiro atoms. The summed E-state index contributed by atoms with van der Waals surface area (Å²) >= 11 is 0. The number of hydrogen-bond donors (Lipinski definition) is 0. The van der Waals surface area contributed by atoms with Crippen molar-refractivity contribution in [3.8, 4) is 56.4 Å². The van der Waals surface area contributed by atoms with Gasteiger partial charge in [-0.05, 0) is 58.7 Å². The minimum Gasteiger partial charge on any atom is -0.456 e. The molecule has 0 saturated carbocycles. The van der Waals surface area contributed by atoms with Gasteiger partial charge in [0.2, 0.25) is 0 Å². The average molecular weight is 642 g/mol. The van der Waals surface area contributed by atoms with Crippen molar-refractivity contribution in [2.45, 2.75) is 0 Å². The lowest BCUT2D eigenvalue weighted by Crippen LogP contribution is -2.00. The molecule has 0 saturated heterocycles. The van der Waals surface area contributed by atoms with Gasteiger partial charge in [-0.3, -0.25) is 0 Å². The average Bonchev–Trinajstić information content (AvgIpc) is 3.77. The van der Waals surface area contributed by atoms with Crippen molar-refractivity contribution in [2.24, 2.45) is 0 Å². The molecule has 0 aliphatic carbocycles. The highest BCUT2D eigenvalue weighted by atomic mass is 16.3. The second-order valence-corrected chi connectivity index (χ2v) is 12.4. The normalized spacial score (nSPS) is 11.6. The van der Waals surface area contributed by atoms with Crippen LogP contribution in [0.25, 0.3) is 100 Å². The Labute approximate surface area is 287 Å². The number of aromatic nitrogens is 3. The van der Waals surface area contributed by atoms with Crippen LogP contribution in [0.5, 0.6) is 0 Å². The molecule has 0 aliphatic heterocycles. The van der Waals surface area contributed by atoms with Gasteiger partial charge in [0.25, 0.3) is 0 Å². The van der Waals surface area contributed by atoms with Crippen LogP contribution in [0.2, 0.25) is 0 Å². The predicted octanol–water partition coefficient (Wildman–Crippen LogP) is 12.0. The van der Waals surface area contributed by atoms with E-state index in [0.29, 0.717) is 17.5 Å². The first-order valence-electron chi connectivity index (χ1n) is 16.6. The SMILES string of the molecule is c1ccc(-c2nc(-c3ccccc3)nc(-c3cccc(-c4cccc5oc6cc(-c7cccc8oc9ccccc9c78)ccc6c45)c3)n2)cc1. The molecule has 0 unspecified atom stereocenters. The molecule has 5 nitrogen and oxygen atoms in total. The lowest BCUT2D eigenvalue weighted by Gasteiger charge is -2.10. The van der Waals surface area contributed by atoms with Crippen molar-refractivity contribution < 1.29 is 8.83 Å². The zero-order chi connectivity index (χ0) is 33.0. The molecular weight excluding hydrogens is 615 g/mol. The molecule has 3 aromatic heterocycles. The Hall–Kier alpha value is -6.85. The van der Waals surface area contributed by atoms with Gasteiger partial charge in [-0.2, -0.15) is 0 Å². The van der Waals surface area contributed by atoms with Gasteiger partial charge in [-0.15, -0.1) is 0 Å². The Morgan fingerprint density at radius 3 is 1.42 bits per heavy atom. The number of nitrogens with zero attached hydrogens (tertiary/aromatic N) is 3. The molecule has 234 valence electrons. The smallest absolute Gasteiger partial charge is 0.164 e. The summed E-state index contributed by atoms with van der Waals surface area (Å²) in [6, 6.07) is 55.7. The van der Waals surface area contributed by atoms with Crippen LogP contribution in [0, 0.1) is 0 Å². The highest BCUT2D eigenvalue weighted by Crippen LogP contribution is 2.41. The summed E-state index contributed by atoms with van der Waals surface area (Å²) in [5, 5.41) is 4.35. The molecule has 3 heterocycles. The van der Waals surface area contributed by atoms with Crippen molar-refractivity contribution in [1.29, 1.82) is 0 Å². The summed E-state index contributed by atoms with van der Waals surface area (Å²) in [5.41, 5.74) is 10.6. The van der Waals surface area contributed by atoms with Crippen LogP contribution in [0.3, 0.4) is 0 Å². The van der Waals surface area contributed by atoms with Crippen LogP contribution in [-0.2, 0) is 0 Å². The molecule has 0 radical (unpaired) electrons. The van der Waals surface area contributed by atoms with E-state index in [1.54, 1.807) is 0 Å². The Morgan fingerprint density at radius 1 is 0.300 bits per heavy atom. The summed E-state index contributed by atoms with van der Waals surface area (Å²) in [6.07, 6.45) is 0. The third-order valence-electron chi connectivity index (χ3n) is 9.34. The Kier molecular flexibility index (Phi) is 6.42. The molecule has 10 aromatic rings. The van der Waals surface area contributed by atoms with Crippen LogP contribution in [0.1, 0.15) is 0 Å². The number of furan rings is 2. The maximum absolute atomic E-state index is 6.55. The molecule has 0 fully saturated rings. The molecule has 7 aromatic carbocycles. The Balaban J connectivity index is 1.10. The first-order valence-corrected chi connectivity index (χ1v) is 16.6. The van der Waals surface area contributed by atoms with Crippen LogP contribution < -0.4 is 0 Å². The third-order valence-corrected chi connectivity index (χ3v) is 9.34. The maximum atomic E-state index is 6.55. The fourth-order valence-corrected chi connectivity index (χ4v) is 7.01. The van der Waals surface area contributed by atoms with Crippen molar-refractivity contribution in [1.82, 2.24) is 15.0 Å². The fraction of sp³-hybridized carbons (Fsp3) is 0. The zero-order valence-corrected chi connectivity index (χ0v) is 26.7. The molecular formula is C45H27N3O2. The molecule has 0 amide bonds. The lowest BCUT2D eigenvalue weighted by molar-refractivity contribution is 0.668. The van der Waals surface area contributed by atoms with E-state index < -0.39 is 0 Å². The maximum Gasteiger partial charge on any atom is 0.164 e. The topological polar surface area (TPSA) is 65.0 Å². The zero-order valence-electron chi connectivity index (χ0n) is 26.7. The minimum absolute atomic E-state index is 0.620. The van der Waals surface area contributed by atoms with E-state index in [-0.39, 0.29) is 0 Å². The molecule has 0 N–H and O–H groups in total. The van der Waals surface area contributed by atoms with Crippen LogP contribution >= 0.6 is 0 Å². The number of benzene rings is 7. The van der Waals surface area contributed by atoms with Gasteiger partial charge in [-0.1, -0.05) is 127 Å². The largest absolute Gasteiger partial charge is 0.456 e. The lowest BCUT2D eigenvalue weighted by atomic mass is 9.96. The number of hydrogen-bond acceptors (Lipinski definition) is 5. The molecule has 10 rings (SSSR count). The van der Waals surface area contributed by atoms with Gasteiger partial charge in [0.05, 0.1) is 0 Å². The first kappa shape index (κ1) is 28.2. The van der Waals surface area contributed by atoms with Crippen molar-refractivity contribution in [3.05, 3.63) is 164 Å². The quantitative estimate of drug-likeness (QED) is 0.187. The van der Waals surface area contributed by atoms with Gasteiger partial charge >= 0.3 is 0 Å². The highest BCUT2D eigenvalue weighted by molar-refractivity contribution is 6.15. The van der Waals surface area contributed by atoms with Gasteiger partial charge in [-0.25, -0.2) is 15.0 Å². The minimum atomic E-state index is 0.620. The summed E-state index contributed by atoms with van der Waals surface area (Å²) in [6.45, 7) is 0. The second kappa shape index (κ2) is 11.4. The third kappa shape index (κ3) is 4.67. The van der Waals surface area contributed by atoms with Gasteiger partial charge in [0.15, 0.2) is 17.5 Å². The molecule has 5 heteroatoms. The van der Waals surface area contributed by atoms with Gasteiger partial charge in [0, 0.05) is 38.2 Å². The summed E-state index contributed by atoms with van der Waals surface area (Å²) in [5.74, 6) is 1.89. The van der Waals surface area contributed by atoms with Crippen molar-refractivity contribution in [2.75, 3.05) is 0 Å². The van der Waals surface area contributed by atoms with Crippen molar-refractivity contribution >= 4 is 43.9 Å². The Bertz CT molecular complexity index is 2810. The van der Waals surface area contributed by atoms with E-state index in [4.69, 9.17) is 23.8 Å². The second-order valence-electron chi connectivity index (χ2n) is 12.4. The summed E-state index contributed by atoms with van der Waals surface area (Å²) in [7, 11) is 0. The predicted molar refractivity (Wildman–Crippen MR) is 202 cm³/mol. The fourth-order valence-electron chi connectivity index (χ4n) is 7.01. The van der Waals surface area contributed by atoms with Crippen LogP contribution in [-0.4, -0.2) is 15.0 Å². The number of para-hydroxylation sites is 1. The number of rotatable bonds is 5. The van der Waals surface area contributed by atoms with Gasteiger partial charge in [0.1, 0.15) is 22.3 Å². The van der Waals surface area contributed by atoms with E-state index in [1.165, 1.54) is 0 Å². The van der Waals surface area contributed by atoms with Gasteiger partial charge < -0.3 is 8.83 Å². The Morgan fingerprint density at radius 2 is 0.760 bits per heavy atom. The van der Waals surface area contributed by atoms with E-state index in [0.717, 1.165) is 82.8 Å². The standard InChI is InChI=1S/C45H27N3O2/c1-3-12-28(13-4-1)43-46-44(29-14-5-2-6-15-29)48-45(47-43)32-17-9-16-30(26-32)33-19-10-23-39-42(33)36-25-24-31(27-40(36)50-39)34-20-11-22-38-41(34)35-18-7-8-21-37(35)49-38/h1-27H. The molecule has 0 aliphatic rings. The van der Waals surface area contributed by atoms with E-state index in [2.05, 4.69) is 72.8 Å². The van der Waals surface area contributed by atoms with E-state index >= 15 is 0 Å². The van der Waals surface area contributed by atoms with Crippen LogP contribution in [0.15, 0.2) is 173 Å². The van der Waals surface area contributed by atoms with E-state index in [9.17, 15) is 0 Å². The first-order chi connectivity index (χ1) is 24.8. The molecule has 50 heavy (non-hydrogen) atoms. The van der Waals surface area contributed by atoms with Crippen molar-refractivity contribution in [3.63, 3.8) is 0 Å². The monoisotopic (exact) mass is 641 g/mol. The summed E-state index contributed by atoms with van der Waals surface area (Å²) in [4.78, 5) is 14.8. The highest BCUT2D eigenvalue weighted by Gasteiger charge is 2.18. The summed E-state index contributed by atoms with van der Waals surface area (Å²) < 4.78 is 12.7. The van der Waals surface area contributed by atoms with Crippen LogP contribution in [0.4, 0.5) is 0 Å². The van der Waals surface area contributed by atoms with E-state index in [1.807, 2.05) is 91.0 Å². The molecule has 0 atom stereocenters.